The van der Waals surface area contributed by atoms with E-state index in [1.54, 1.807) is 57.2 Å². The summed E-state index contributed by atoms with van der Waals surface area (Å²) < 4.78 is 10.8. The minimum absolute atomic E-state index is 0.297. The molecule has 0 atom stereocenters. The van der Waals surface area contributed by atoms with Crippen molar-refractivity contribution in [2.24, 2.45) is 0 Å². The average molecular weight is 314 g/mol. The van der Waals surface area contributed by atoms with Gasteiger partial charge in [0, 0.05) is 18.0 Å². The number of ether oxygens (including phenoxy) is 2. The molecule has 23 heavy (non-hydrogen) atoms. The molecule has 1 aromatic carbocycles. The van der Waals surface area contributed by atoms with Crippen molar-refractivity contribution >= 4 is 18.1 Å². The normalized spacial score (nSPS) is 10.7. The van der Waals surface area contributed by atoms with Crippen molar-refractivity contribution in [3.05, 3.63) is 48.3 Å². The molecule has 2 rings (SSSR count). The summed E-state index contributed by atoms with van der Waals surface area (Å²) in [6, 6.07) is 9.99. The molecule has 0 bridgehead atoms. The maximum absolute atomic E-state index is 11.7. The van der Waals surface area contributed by atoms with Crippen molar-refractivity contribution in [2.75, 3.05) is 5.32 Å². The number of aldehydes is 1. The molecule has 0 saturated carbocycles. The van der Waals surface area contributed by atoms with Crippen LogP contribution in [0.2, 0.25) is 0 Å². The highest BCUT2D eigenvalue weighted by Gasteiger charge is 2.16. The number of amides is 1. The Morgan fingerprint density at radius 1 is 1.13 bits per heavy atom. The molecule has 1 heterocycles. The second-order valence-corrected chi connectivity index (χ2v) is 5.79. The van der Waals surface area contributed by atoms with Gasteiger partial charge in [0.05, 0.1) is 0 Å². The monoisotopic (exact) mass is 314 g/mol. The van der Waals surface area contributed by atoms with Gasteiger partial charge in [-0.3, -0.25) is 15.1 Å². The fourth-order valence-corrected chi connectivity index (χ4v) is 1.72. The van der Waals surface area contributed by atoms with Gasteiger partial charge in [-0.2, -0.15) is 0 Å². The van der Waals surface area contributed by atoms with Crippen LogP contribution in [0.15, 0.2) is 42.6 Å². The molecule has 1 aromatic heterocycles. The van der Waals surface area contributed by atoms with Crippen LogP contribution in [0.3, 0.4) is 0 Å². The second kappa shape index (κ2) is 6.91. The summed E-state index contributed by atoms with van der Waals surface area (Å²) in [6.45, 7) is 5.39. The summed E-state index contributed by atoms with van der Waals surface area (Å²) >= 11 is 0. The van der Waals surface area contributed by atoms with Crippen LogP contribution >= 0.6 is 0 Å². The van der Waals surface area contributed by atoms with E-state index in [1.165, 1.54) is 6.20 Å². The third kappa shape index (κ3) is 5.43. The van der Waals surface area contributed by atoms with Gasteiger partial charge in [0.1, 0.15) is 22.8 Å². The Bertz CT molecular complexity index is 690. The van der Waals surface area contributed by atoms with Gasteiger partial charge in [-0.25, -0.2) is 4.79 Å². The molecule has 2 aromatic rings. The van der Waals surface area contributed by atoms with Crippen molar-refractivity contribution in [1.82, 2.24) is 4.98 Å². The third-order valence-electron chi connectivity index (χ3n) is 2.61. The first kappa shape index (κ1) is 16.5. The van der Waals surface area contributed by atoms with Gasteiger partial charge >= 0.3 is 6.09 Å². The van der Waals surface area contributed by atoms with E-state index in [1.807, 2.05) is 0 Å². The second-order valence-electron chi connectivity index (χ2n) is 5.79. The summed E-state index contributed by atoms with van der Waals surface area (Å²) in [6.07, 6.45) is 1.63. The van der Waals surface area contributed by atoms with Crippen LogP contribution in [0.4, 0.5) is 10.5 Å². The van der Waals surface area contributed by atoms with E-state index < -0.39 is 11.7 Å². The number of nitrogens with one attached hydrogen (secondary N) is 1. The minimum atomic E-state index is -0.551. The van der Waals surface area contributed by atoms with Gasteiger partial charge < -0.3 is 9.47 Å². The van der Waals surface area contributed by atoms with Crippen molar-refractivity contribution in [3.8, 4) is 11.5 Å². The molecule has 0 aliphatic heterocycles. The molecular formula is C17H18N2O4. The Balaban J connectivity index is 1.99. The summed E-state index contributed by atoms with van der Waals surface area (Å²) in [5.74, 6) is 1.08. The lowest BCUT2D eigenvalue weighted by Crippen LogP contribution is -2.27. The largest absolute Gasteiger partial charge is 0.457 e. The van der Waals surface area contributed by atoms with E-state index >= 15 is 0 Å². The molecule has 1 N–H and O–H groups in total. The Kier molecular flexibility index (Phi) is 4.95. The van der Waals surface area contributed by atoms with E-state index in [0.29, 0.717) is 29.2 Å². The average Bonchev–Trinajstić information content (AvgIpc) is 2.47. The Hall–Kier alpha value is -2.89. The van der Waals surface area contributed by atoms with Crippen molar-refractivity contribution in [1.29, 1.82) is 0 Å². The topological polar surface area (TPSA) is 77.5 Å². The zero-order chi connectivity index (χ0) is 16.9. The zero-order valence-corrected chi connectivity index (χ0v) is 13.2. The lowest BCUT2D eigenvalue weighted by Gasteiger charge is -2.19. The Morgan fingerprint density at radius 2 is 1.83 bits per heavy atom. The maximum atomic E-state index is 11.7. The fourth-order valence-electron chi connectivity index (χ4n) is 1.72. The fraction of sp³-hybridized carbons (Fsp3) is 0.235. The SMILES string of the molecule is CC(C)(C)OC(=O)Nc1ccc(Oc2ccnc(C=O)c2)cc1. The number of carbonyl (C=O) groups is 2. The lowest BCUT2D eigenvalue weighted by atomic mass is 10.2. The first-order valence-electron chi connectivity index (χ1n) is 7.05. The van der Waals surface area contributed by atoms with E-state index in [4.69, 9.17) is 9.47 Å². The van der Waals surface area contributed by atoms with Gasteiger partial charge in [0.2, 0.25) is 0 Å². The van der Waals surface area contributed by atoms with Crippen molar-refractivity contribution in [3.63, 3.8) is 0 Å². The third-order valence-corrected chi connectivity index (χ3v) is 2.61. The molecule has 6 nitrogen and oxygen atoms in total. The zero-order valence-electron chi connectivity index (χ0n) is 13.2. The molecule has 0 fully saturated rings. The number of benzene rings is 1. The predicted molar refractivity (Wildman–Crippen MR) is 86.0 cm³/mol. The molecule has 0 unspecified atom stereocenters. The summed E-state index contributed by atoms with van der Waals surface area (Å²) in [5, 5.41) is 2.63. The van der Waals surface area contributed by atoms with Crippen molar-refractivity contribution < 1.29 is 19.1 Å². The minimum Gasteiger partial charge on any atom is -0.457 e. The molecule has 0 aliphatic rings. The quantitative estimate of drug-likeness (QED) is 0.862. The standard InChI is InChI=1S/C17H18N2O4/c1-17(2,3)23-16(21)19-12-4-6-14(7-5-12)22-15-8-9-18-13(10-15)11-20/h4-11H,1-3H3,(H,19,21). The van der Waals surface area contributed by atoms with Crippen LogP contribution < -0.4 is 10.1 Å². The maximum Gasteiger partial charge on any atom is 0.412 e. The van der Waals surface area contributed by atoms with Crippen LogP contribution in [-0.4, -0.2) is 23.0 Å². The number of hydrogen-bond donors (Lipinski definition) is 1. The van der Waals surface area contributed by atoms with E-state index in [9.17, 15) is 9.59 Å². The highest BCUT2D eigenvalue weighted by molar-refractivity contribution is 5.84. The number of pyridine rings is 1. The van der Waals surface area contributed by atoms with E-state index in [-0.39, 0.29) is 0 Å². The molecule has 120 valence electrons. The predicted octanol–water partition coefficient (Wildman–Crippen LogP) is 4.03. The molecule has 0 radical (unpaired) electrons. The number of hydrogen-bond acceptors (Lipinski definition) is 5. The lowest BCUT2D eigenvalue weighted by molar-refractivity contribution is 0.0636. The molecule has 0 spiro atoms. The highest BCUT2D eigenvalue weighted by Crippen LogP contribution is 2.23. The number of carbonyl (C=O) groups excluding carboxylic acids is 2. The molecule has 0 saturated heterocycles. The van der Waals surface area contributed by atoms with E-state index in [2.05, 4.69) is 10.3 Å². The number of rotatable bonds is 4. The van der Waals surface area contributed by atoms with Crippen LogP contribution in [0, 0.1) is 0 Å². The molecule has 6 heteroatoms. The first-order valence-corrected chi connectivity index (χ1v) is 7.05. The molecule has 0 aliphatic carbocycles. The number of aromatic nitrogens is 1. The van der Waals surface area contributed by atoms with Gasteiger partial charge in [-0.1, -0.05) is 0 Å². The Labute approximate surface area is 134 Å². The van der Waals surface area contributed by atoms with Crippen LogP contribution in [0.1, 0.15) is 31.3 Å². The summed E-state index contributed by atoms with van der Waals surface area (Å²) in [4.78, 5) is 26.2. The first-order chi connectivity index (χ1) is 10.9. The smallest absolute Gasteiger partial charge is 0.412 e. The number of anilines is 1. The molecule has 1 amide bonds. The van der Waals surface area contributed by atoms with Gasteiger partial charge in [0.25, 0.3) is 0 Å². The highest BCUT2D eigenvalue weighted by atomic mass is 16.6. The van der Waals surface area contributed by atoms with Crippen LogP contribution in [0.25, 0.3) is 0 Å². The summed E-state index contributed by atoms with van der Waals surface area (Å²) in [5.41, 5.74) is 0.339. The molecular weight excluding hydrogens is 296 g/mol. The Morgan fingerprint density at radius 3 is 2.43 bits per heavy atom. The van der Waals surface area contributed by atoms with Crippen LogP contribution in [0.5, 0.6) is 11.5 Å². The van der Waals surface area contributed by atoms with Crippen molar-refractivity contribution in [2.45, 2.75) is 26.4 Å². The van der Waals surface area contributed by atoms with E-state index in [0.717, 1.165) is 0 Å². The number of nitrogens with zero attached hydrogens (tertiary/aromatic N) is 1. The van der Waals surface area contributed by atoms with Gasteiger partial charge in [0.15, 0.2) is 6.29 Å². The van der Waals surface area contributed by atoms with Crippen LogP contribution in [-0.2, 0) is 4.74 Å². The van der Waals surface area contributed by atoms with Gasteiger partial charge in [-0.15, -0.1) is 0 Å². The summed E-state index contributed by atoms with van der Waals surface area (Å²) in [7, 11) is 0. The van der Waals surface area contributed by atoms with Gasteiger partial charge in [-0.05, 0) is 51.1 Å².